The lowest BCUT2D eigenvalue weighted by Crippen LogP contribution is -2.57. The topological polar surface area (TPSA) is 87.5 Å². The lowest BCUT2D eigenvalue weighted by Gasteiger charge is -2.40. The maximum Gasteiger partial charge on any atom is 0.290 e. The Morgan fingerprint density at radius 1 is 0.949 bits per heavy atom. The molecule has 204 valence electrons. The zero-order chi connectivity index (χ0) is 26.9. The number of carbonyl (C=O) groups is 2. The van der Waals surface area contributed by atoms with Gasteiger partial charge >= 0.3 is 0 Å². The summed E-state index contributed by atoms with van der Waals surface area (Å²) in [6, 6.07) is 14.9. The van der Waals surface area contributed by atoms with Gasteiger partial charge in [0.1, 0.15) is 17.3 Å². The van der Waals surface area contributed by atoms with Crippen LogP contribution in [0.1, 0.15) is 60.6 Å². The number of nitrogens with zero attached hydrogens (tertiary/aromatic N) is 2. The van der Waals surface area contributed by atoms with Crippen LogP contribution in [0.5, 0.6) is 0 Å². The van der Waals surface area contributed by atoms with Crippen molar-refractivity contribution in [1.82, 2.24) is 20.7 Å². The molecule has 2 heterocycles. The van der Waals surface area contributed by atoms with Crippen molar-refractivity contribution in [2.75, 3.05) is 13.1 Å². The summed E-state index contributed by atoms with van der Waals surface area (Å²) in [5, 5.41) is 10.0. The summed E-state index contributed by atoms with van der Waals surface area (Å²) in [4.78, 5) is 29.1. The van der Waals surface area contributed by atoms with E-state index in [4.69, 9.17) is 4.52 Å². The lowest BCUT2D eigenvalue weighted by atomic mass is 9.89. The summed E-state index contributed by atoms with van der Waals surface area (Å²) in [6.45, 7) is 1.39. The van der Waals surface area contributed by atoms with Crippen LogP contribution in [0, 0.1) is 17.6 Å². The normalized spacial score (nSPS) is 25.4. The molecule has 3 aromatic rings. The SMILES string of the molecule is O=C(N[C@@H]1CCN(C2CCCC2)C[C@H]1C(=O)N[C@H]1C[C@@H]1c1ccccc1)c1cc(-c2ccc(F)cc2F)no1. The second-order valence-corrected chi connectivity index (χ2v) is 11.0. The standard InChI is InChI=1S/C30H32F2N4O3/c31-19-10-11-21(24(32)14-19)27-16-28(39-35-27)30(38)33-25-12-13-36(20-8-4-5-9-20)17-23(25)29(37)34-26-15-22(26)18-6-2-1-3-7-18/h1-3,6-7,10-11,14,16,20,22-23,25-26H,4-5,8-9,12-13,15,17H2,(H,33,38)(H,34,37)/t22-,23-,25-,26+/m1/s1. The van der Waals surface area contributed by atoms with Crippen molar-refractivity contribution in [1.29, 1.82) is 0 Å². The summed E-state index contributed by atoms with van der Waals surface area (Å²) >= 11 is 0. The molecule has 2 amide bonds. The molecule has 0 unspecified atom stereocenters. The van der Waals surface area contributed by atoms with Crippen LogP contribution >= 0.6 is 0 Å². The number of amides is 2. The average Bonchev–Trinajstić information content (AvgIpc) is 3.30. The molecule has 1 aromatic heterocycles. The highest BCUT2D eigenvalue weighted by molar-refractivity contribution is 5.93. The molecule has 3 fully saturated rings. The van der Waals surface area contributed by atoms with E-state index in [9.17, 15) is 18.4 Å². The van der Waals surface area contributed by atoms with E-state index in [-0.39, 0.29) is 35.0 Å². The lowest BCUT2D eigenvalue weighted by molar-refractivity contribution is -0.128. The monoisotopic (exact) mass is 534 g/mol. The van der Waals surface area contributed by atoms with E-state index in [0.29, 0.717) is 24.9 Å². The highest BCUT2D eigenvalue weighted by Gasteiger charge is 2.44. The van der Waals surface area contributed by atoms with Crippen LogP contribution in [0.15, 0.2) is 59.1 Å². The third kappa shape index (κ3) is 5.59. The van der Waals surface area contributed by atoms with Crippen LogP contribution in [0.3, 0.4) is 0 Å². The molecule has 4 atom stereocenters. The van der Waals surface area contributed by atoms with E-state index >= 15 is 0 Å². The highest BCUT2D eigenvalue weighted by atomic mass is 19.1. The Labute approximate surface area is 225 Å². The molecule has 1 saturated heterocycles. The maximum atomic E-state index is 14.2. The van der Waals surface area contributed by atoms with E-state index in [1.165, 1.54) is 30.5 Å². The Kier molecular flexibility index (Phi) is 7.16. The third-order valence-corrected chi connectivity index (χ3v) is 8.43. The highest BCUT2D eigenvalue weighted by Crippen LogP contribution is 2.41. The Balaban J connectivity index is 1.15. The molecule has 3 aliphatic rings. The number of carbonyl (C=O) groups excluding carboxylic acids is 2. The molecule has 2 aliphatic carbocycles. The zero-order valence-electron chi connectivity index (χ0n) is 21.6. The molecule has 6 rings (SSSR count). The van der Waals surface area contributed by atoms with Crippen LogP contribution in [0.4, 0.5) is 8.78 Å². The van der Waals surface area contributed by atoms with Gasteiger partial charge in [-0.25, -0.2) is 8.78 Å². The number of nitrogens with one attached hydrogen (secondary N) is 2. The largest absolute Gasteiger partial charge is 0.352 e. The Hall–Kier alpha value is -3.59. The Morgan fingerprint density at radius 2 is 1.74 bits per heavy atom. The van der Waals surface area contributed by atoms with Crippen LogP contribution in [-0.2, 0) is 4.79 Å². The first-order valence-electron chi connectivity index (χ1n) is 13.8. The van der Waals surface area contributed by atoms with Gasteiger partial charge in [0.15, 0.2) is 0 Å². The number of piperidine rings is 1. The number of halogens is 2. The van der Waals surface area contributed by atoms with Crippen molar-refractivity contribution in [3.63, 3.8) is 0 Å². The van der Waals surface area contributed by atoms with Crippen LogP contribution < -0.4 is 10.6 Å². The molecule has 0 bridgehead atoms. The molecule has 9 heteroatoms. The van der Waals surface area contributed by atoms with Crippen molar-refractivity contribution >= 4 is 11.8 Å². The van der Waals surface area contributed by atoms with E-state index in [0.717, 1.165) is 37.9 Å². The van der Waals surface area contributed by atoms with Crippen LogP contribution in [0.2, 0.25) is 0 Å². The second-order valence-electron chi connectivity index (χ2n) is 11.0. The fourth-order valence-electron chi connectivity index (χ4n) is 6.18. The molecular weight excluding hydrogens is 502 g/mol. The van der Waals surface area contributed by atoms with Gasteiger partial charge in [-0.3, -0.25) is 14.5 Å². The first-order chi connectivity index (χ1) is 19.0. The fourth-order valence-corrected chi connectivity index (χ4v) is 6.18. The van der Waals surface area contributed by atoms with Gasteiger partial charge in [0.05, 0.1) is 5.92 Å². The van der Waals surface area contributed by atoms with Crippen molar-refractivity contribution in [3.8, 4) is 11.3 Å². The molecule has 39 heavy (non-hydrogen) atoms. The van der Waals surface area contributed by atoms with Gasteiger partial charge in [-0.1, -0.05) is 48.3 Å². The summed E-state index contributed by atoms with van der Waals surface area (Å²) in [6.07, 6.45) is 6.26. The molecule has 2 aromatic carbocycles. The minimum absolute atomic E-state index is 0.0405. The van der Waals surface area contributed by atoms with E-state index in [2.05, 4.69) is 32.8 Å². The van der Waals surface area contributed by atoms with Crippen molar-refractivity contribution in [2.24, 2.45) is 5.92 Å². The molecule has 0 spiro atoms. The first kappa shape index (κ1) is 25.7. The third-order valence-electron chi connectivity index (χ3n) is 8.43. The fraction of sp³-hybridized carbons (Fsp3) is 0.433. The van der Waals surface area contributed by atoms with E-state index in [1.807, 2.05) is 18.2 Å². The molecule has 2 N–H and O–H groups in total. The smallest absolute Gasteiger partial charge is 0.290 e. The second kappa shape index (κ2) is 10.9. The van der Waals surface area contributed by atoms with Gasteiger partial charge in [-0.2, -0.15) is 0 Å². The molecule has 1 aliphatic heterocycles. The van der Waals surface area contributed by atoms with Crippen molar-refractivity contribution < 1.29 is 22.9 Å². The summed E-state index contributed by atoms with van der Waals surface area (Å²) in [5.41, 5.74) is 1.37. The Morgan fingerprint density at radius 3 is 2.51 bits per heavy atom. The van der Waals surface area contributed by atoms with Gasteiger partial charge in [-0.15, -0.1) is 0 Å². The summed E-state index contributed by atoms with van der Waals surface area (Å²) < 4.78 is 32.7. The Bertz CT molecular complexity index is 1340. The van der Waals surface area contributed by atoms with Crippen molar-refractivity contribution in [2.45, 2.75) is 62.6 Å². The number of likely N-dealkylation sites (tertiary alicyclic amines) is 1. The number of rotatable bonds is 7. The minimum Gasteiger partial charge on any atom is -0.352 e. The summed E-state index contributed by atoms with van der Waals surface area (Å²) in [7, 11) is 0. The predicted octanol–water partition coefficient (Wildman–Crippen LogP) is 4.66. The minimum atomic E-state index is -0.792. The van der Waals surface area contributed by atoms with E-state index < -0.39 is 23.5 Å². The van der Waals surface area contributed by atoms with Gasteiger partial charge in [0, 0.05) is 54.8 Å². The number of benzene rings is 2. The van der Waals surface area contributed by atoms with Crippen LogP contribution in [-0.4, -0.2) is 53.1 Å². The maximum absolute atomic E-state index is 14.2. The number of hydrogen-bond donors (Lipinski definition) is 2. The number of hydrogen-bond acceptors (Lipinski definition) is 5. The summed E-state index contributed by atoms with van der Waals surface area (Å²) in [5.74, 6) is -2.22. The van der Waals surface area contributed by atoms with E-state index in [1.54, 1.807) is 0 Å². The molecule has 0 radical (unpaired) electrons. The molecule has 7 nitrogen and oxygen atoms in total. The van der Waals surface area contributed by atoms with Crippen molar-refractivity contribution in [3.05, 3.63) is 77.6 Å². The molecular formula is C30H32F2N4O3. The van der Waals surface area contributed by atoms with Gasteiger partial charge in [-0.05, 0) is 43.4 Å². The van der Waals surface area contributed by atoms with Crippen LogP contribution in [0.25, 0.3) is 11.3 Å². The number of aromatic nitrogens is 1. The van der Waals surface area contributed by atoms with Gasteiger partial charge in [0.25, 0.3) is 5.91 Å². The first-order valence-corrected chi connectivity index (χ1v) is 13.8. The van der Waals surface area contributed by atoms with Gasteiger partial charge < -0.3 is 15.2 Å². The molecule has 2 saturated carbocycles. The van der Waals surface area contributed by atoms with Gasteiger partial charge in [0.2, 0.25) is 11.7 Å². The quantitative estimate of drug-likeness (QED) is 0.461. The average molecular weight is 535 g/mol. The predicted molar refractivity (Wildman–Crippen MR) is 141 cm³/mol. The zero-order valence-corrected chi connectivity index (χ0v) is 21.6.